The van der Waals surface area contributed by atoms with E-state index in [0.29, 0.717) is 25.2 Å². The Morgan fingerprint density at radius 1 is 1.37 bits per heavy atom. The Morgan fingerprint density at radius 3 is 2.89 bits per heavy atom. The van der Waals surface area contributed by atoms with E-state index in [1.807, 2.05) is 24.3 Å². The number of benzene rings is 1. The van der Waals surface area contributed by atoms with Crippen LogP contribution in [0.3, 0.4) is 0 Å². The maximum atomic E-state index is 11.3. The molecule has 0 aliphatic heterocycles. The molecule has 1 aliphatic rings. The molecule has 0 aromatic heterocycles. The van der Waals surface area contributed by atoms with Gasteiger partial charge in [0.15, 0.2) is 5.78 Å². The van der Waals surface area contributed by atoms with Gasteiger partial charge in [-0.05, 0) is 36.3 Å². The minimum Gasteiger partial charge on any atom is -0.493 e. The smallest absolute Gasteiger partial charge is 0.160 e. The second kappa shape index (κ2) is 5.55. The van der Waals surface area contributed by atoms with E-state index >= 15 is 0 Å². The third-order valence-electron chi connectivity index (χ3n) is 3.18. The first-order valence-corrected chi connectivity index (χ1v) is 6.30. The number of carbonyl (C=O) groups is 1. The molecule has 1 aliphatic carbocycles. The van der Waals surface area contributed by atoms with Crippen molar-refractivity contribution in [3.63, 3.8) is 0 Å². The van der Waals surface area contributed by atoms with Crippen LogP contribution >= 0.6 is 0 Å². The van der Waals surface area contributed by atoms with E-state index in [4.69, 9.17) is 9.84 Å². The van der Waals surface area contributed by atoms with Crippen molar-refractivity contribution in [2.24, 2.45) is 0 Å². The van der Waals surface area contributed by atoms with Gasteiger partial charge in [0.05, 0.1) is 18.8 Å². The van der Waals surface area contributed by atoms with Gasteiger partial charge < -0.3 is 14.9 Å². The Hall–Kier alpha value is -1.65. The number of rotatable bonds is 5. The van der Waals surface area contributed by atoms with Gasteiger partial charge in [-0.15, -0.1) is 0 Å². The maximum absolute atomic E-state index is 11.3. The first kappa shape index (κ1) is 13.8. The van der Waals surface area contributed by atoms with Crippen molar-refractivity contribution in [3.8, 4) is 5.75 Å². The molecule has 19 heavy (non-hydrogen) atoms. The third-order valence-corrected chi connectivity index (χ3v) is 3.18. The van der Waals surface area contributed by atoms with Crippen LogP contribution < -0.4 is 4.74 Å². The molecule has 0 fully saturated rings. The van der Waals surface area contributed by atoms with E-state index in [9.17, 15) is 9.90 Å². The molecule has 0 spiro atoms. The van der Waals surface area contributed by atoms with Crippen LogP contribution in [0.2, 0.25) is 0 Å². The summed E-state index contributed by atoms with van der Waals surface area (Å²) in [4.78, 5) is 11.3. The SMILES string of the molecule is C[C@](O)(CO)CCOc1ccc2c(c1)CC(=O)C=C2. The zero-order valence-electron chi connectivity index (χ0n) is 10.9. The van der Waals surface area contributed by atoms with Crippen LogP contribution in [0, 0.1) is 0 Å². The number of allylic oxidation sites excluding steroid dienone is 1. The van der Waals surface area contributed by atoms with Crippen LogP contribution in [0.15, 0.2) is 24.3 Å². The van der Waals surface area contributed by atoms with Gasteiger partial charge in [-0.2, -0.15) is 0 Å². The quantitative estimate of drug-likeness (QED) is 0.840. The fourth-order valence-electron chi connectivity index (χ4n) is 1.88. The Morgan fingerprint density at radius 2 is 2.16 bits per heavy atom. The predicted octanol–water partition coefficient (Wildman–Crippen LogP) is 1.34. The van der Waals surface area contributed by atoms with Gasteiger partial charge in [-0.25, -0.2) is 0 Å². The number of hydrogen-bond acceptors (Lipinski definition) is 4. The molecule has 4 nitrogen and oxygen atoms in total. The summed E-state index contributed by atoms with van der Waals surface area (Å²) < 4.78 is 5.54. The molecule has 0 radical (unpaired) electrons. The fourth-order valence-corrected chi connectivity index (χ4v) is 1.88. The number of fused-ring (bicyclic) bond motifs is 1. The summed E-state index contributed by atoms with van der Waals surface area (Å²) in [6.45, 7) is 1.59. The van der Waals surface area contributed by atoms with Crippen molar-refractivity contribution < 1.29 is 19.7 Å². The number of aliphatic hydroxyl groups excluding tert-OH is 1. The molecule has 2 N–H and O–H groups in total. The molecule has 2 rings (SSSR count). The molecule has 0 amide bonds. The second-order valence-corrected chi connectivity index (χ2v) is 5.09. The third kappa shape index (κ3) is 3.66. The number of carbonyl (C=O) groups excluding carboxylic acids is 1. The average Bonchev–Trinajstić information content (AvgIpc) is 2.38. The highest BCUT2D eigenvalue weighted by atomic mass is 16.5. The molecule has 0 unspecified atom stereocenters. The summed E-state index contributed by atoms with van der Waals surface area (Å²) in [7, 11) is 0. The molecule has 102 valence electrons. The Bertz CT molecular complexity index is 503. The topological polar surface area (TPSA) is 66.8 Å². The average molecular weight is 262 g/mol. The number of aliphatic hydroxyl groups is 2. The Balaban J connectivity index is 1.98. The highest BCUT2D eigenvalue weighted by Crippen LogP contribution is 2.23. The van der Waals surface area contributed by atoms with E-state index in [1.165, 1.54) is 0 Å². The number of hydrogen-bond donors (Lipinski definition) is 2. The van der Waals surface area contributed by atoms with E-state index in [0.717, 1.165) is 11.1 Å². The van der Waals surface area contributed by atoms with E-state index < -0.39 is 5.60 Å². The number of ketones is 1. The van der Waals surface area contributed by atoms with Gasteiger partial charge in [-0.3, -0.25) is 4.79 Å². The lowest BCUT2D eigenvalue weighted by Gasteiger charge is -2.20. The lowest BCUT2D eigenvalue weighted by molar-refractivity contribution is -0.114. The summed E-state index contributed by atoms with van der Waals surface area (Å²) >= 11 is 0. The van der Waals surface area contributed by atoms with Gasteiger partial charge in [-0.1, -0.05) is 12.1 Å². The van der Waals surface area contributed by atoms with Crippen molar-refractivity contribution in [2.45, 2.75) is 25.4 Å². The highest BCUT2D eigenvalue weighted by Gasteiger charge is 2.18. The van der Waals surface area contributed by atoms with Crippen molar-refractivity contribution in [1.82, 2.24) is 0 Å². The van der Waals surface area contributed by atoms with Crippen LogP contribution in [-0.4, -0.2) is 34.8 Å². The molecule has 1 aromatic rings. The van der Waals surface area contributed by atoms with E-state index in [1.54, 1.807) is 13.0 Å². The monoisotopic (exact) mass is 262 g/mol. The van der Waals surface area contributed by atoms with Crippen molar-refractivity contribution in [1.29, 1.82) is 0 Å². The first-order valence-electron chi connectivity index (χ1n) is 6.30. The van der Waals surface area contributed by atoms with Crippen LogP contribution in [-0.2, 0) is 11.2 Å². The molecule has 0 saturated heterocycles. The molecular formula is C15H18O4. The molecule has 0 heterocycles. The molecule has 4 heteroatoms. The maximum Gasteiger partial charge on any atom is 0.160 e. The second-order valence-electron chi connectivity index (χ2n) is 5.09. The number of ether oxygens (including phenoxy) is 1. The highest BCUT2D eigenvalue weighted by molar-refractivity contribution is 5.98. The van der Waals surface area contributed by atoms with Crippen LogP contribution in [0.5, 0.6) is 5.75 Å². The van der Waals surface area contributed by atoms with Gasteiger partial charge in [0.2, 0.25) is 0 Å². The van der Waals surface area contributed by atoms with Gasteiger partial charge >= 0.3 is 0 Å². The van der Waals surface area contributed by atoms with Crippen LogP contribution in [0.4, 0.5) is 0 Å². The standard InChI is InChI=1S/C15H18O4/c1-15(18,10-16)6-7-19-14-5-3-11-2-4-13(17)8-12(11)9-14/h2-5,9,16,18H,6-8,10H2,1H3/t15-/m1/s1. The summed E-state index contributed by atoms with van der Waals surface area (Å²) in [6.07, 6.45) is 4.14. The van der Waals surface area contributed by atoms with Gasteiger partial charge in [0.1, 0.15) is 5.75 Å². The first-order chi connectivity index (χ1) is 9.00. The molecule has 1 aromatic carbocycles. The lowest BCUT2D eigenvalue weighted by Crippen LogP contribution is -2.31. The van der Waals surface area contributed by atoms with Gasteiger partial charge in [0.25, 0.3) is 0 Å². The zero-order valence-corrected chi connectivity index (χ0v) is 10.9. The van der Waals surface area contributed by atoms with Crippen molar-refractivity contribution in [3.05, 3.63) is 35.4 Å². The minimum absolute atomic E-state index is 0.0906. The van der Waals surface area contributed by atoms with Crippen LogP contribution in [0.25, 0.3) is 6.08 Å². The predicted molar refractivity (Wildman–Crippen MR) is 72.0 cm³/mol. The largest absolute Gasteiger partial charge is 0.493 e. The van der Waals surface area contributed by atoms with E-state index in [-0.39, 0.29) is 12.4 Å². The summed E-state index contributed by atoms with van der Waals surface area (Å²) in [5, 5.41) is 18.6. The molecular weight excluding hydrogens is 244 g/mol. The minimum atomic E-state index is -1.12. The molecule has 1 atom stereocenters. The molecule has 0 bridgehead atoms. The van der Waals surface area contributed by atoms with Crippen molar-refractivity contribution >= 4 is 11.9 Å². The van der Waals surface area contributed by atoms with E-state index in [2.05, 4.69) is 0 Å². The fraction of sp³-hybridized carbons (Fsp3) is 0.400. The van der Waals surface area contributed by atoms with Crippen LogP contribution in [0.1, 0.15) is 24.5 Å². The Kier molecular flexibility index (Phi) is 4.02. The zero-order chi connectivity index (χ0) is 13.9. The summed E-state index contributed by atoms with van der Waals surface area (Å²) in [6, 6.07) is 5.61. The summed E-state index contributed by atoms with van der Waals surface area (Å²) in [5.41, 5.74) is 0.876. The summed E-state index contributed by atoms with van der Waals surface area (Å²) in [5.74, 6) is 0.767. The van der Waals surface area contributed by atoms with Gasteiger partial charge in [0, 0.05) is 12.8 Å². The Labute approximate surface area is 112 Å². The lowest BCUT2D eigenvalue weighted by atomic mass is 9.96. The molecule has 0 saturated carbocycles. The normalized spacial score (nSPS) is 16.9. The van der Waals surface area contributed by atoms with Crippen molar-refractivity contribution in [2.75, 3.05) is 13.2 Å².